The van der Waals surface area contributed by atoms with Gasteiger partial charge in [-0.05, 0) is 57.7 Å². The first-order valence-electron chi connectivity index (χ1n) is 7.86. The van der Waals surface area contributed by atoms with Crippen LogP contribution in [0.1, 0.15) is 18.4 Å². The number of anilines is 1. The van der Waals surface area contributed by atoms with Crippen LogP contribution in [0.2, 0.25) is 0 Å². The van der Waals surface area contributed by atoms with E-state index in [1.807, 2.05) is 44.1 Å². The minimum Gasteiger partial charge on any atom is -0.342 e. The minimum absolute atomic E-state index is 0.0705. The van der Waals surface area contributed by atoms with E-state index in [1.165, 1.54) is 0 Å². The molecule has 0 radical (unpaired) electrons. The standard InChI is InChI=1S/C17H24BrN3O2/c1-12-9-14(18)5-6-15(12)19-17(23)13-10-16(22)21(11-13)8-4-7-20(2)3/h5-6,9,13H,4,7-8,10-11H2,1-3H3,(H,19,23). The van der Waals surface area contributed by atoms with Crippen LogP contribution in [-0.4, -0.2) is 55.3 Å². The largest absolute Gasteiger partial charge is 0.342 e. The van der Waals surface area contributed by atoms with E-state index in [4.69, 9.17) is 0 Å². The summed E-state index contributed by atoms with van der Waals surface area (Å²) in [4.78, 5) is 28.4. The molecule has 0 spiro atoms. The van der Waals surface area contributed by atoms with Crippen molar-refractivity contribution in [3.05, 3.63) is 28.2 Å². The van der Waals surface area contributed by atoms with Crippen molar-refractivity contribution < 1.29 is 9.59 Å². The lowest BCUT2D eigenvalue weighted by atomic mass is 10.1. The van der Waals surface area contributed by atoms with Crippen LogP contribution >= 0.6 is 15.9 Å². The third-order valence-electron chi connectivity index (χ3n) is 4.06. The van der Waals surface area contributed by atoms with E-state index in [9.17, 15) is 9.59 Å². The smallest absolute Gasteiger partial charge is 0.229 e. The Kier molecular flexibility index (Phi) is 6.18. The summed E-state index contributed by atoms with van der Waals surface area (Å²) in [6.45, 7) is 4.14. The van der Waals surface area contributed by atoms with E-state index >= 15 is 0 Å². The summed E-state index contributed by atoms with van der Waals surface area (Å²) in [5.74, 6) is -0.250. The summed E-state index contributed by atoms with van der Waals surface area (Å²) in [5.41, 5.74) is 1.80. The number of rotatable bonds is 6. The van der Waals surface area contributed by atoms with E-state index in [2.05, 4.69) is 26.1 Å². The molecule has 1 aliphatic rings. The first-order valence-corrected chi connectivity index (χ1v) is 8.65. The molecule has 0 aromatic heterocycles. The second-order valence-electron chi connectivity index (χ2n) is 6.35. The van der Waals surface area contributed by atoms with Crippen molar-refractivity contribution >= 4 is 33.4 Å². The van der Waals surface area contributed by atoms with Gasteiger partial charge in [0.25, 0.3) is 0 Å². The fourth-order valence-corrected chi connectivity index (χ4v) is 3.22. The van der Waals surface area contributed by atoms with Gasteiger partial charge in [-0.3, -0.25) is 9.59 Å². The Morgan fingerprint density at radius 2 is 2.17 bits per heavy atom. The predicted molar refractivity (Wildman–Crippen MR) is 95.4 cm³/mol. The monoisotopic (exact) mass is 381 g/mol. The molecule has 1 aromatic carbocycles. The molecule has 0 saturated carbocycles. The van der Waals surface area contributed by atoms with Gasteiger partial charge >= 0.3 is 0 Å². The Bertz CT molecular complexity index is 589. The van der Waals surface area contributed by atoms with Crippen LogP contribution in [0.25, 0.3) is 0 Å². The highest BCUT2D eigenvalue weighted by Gasteiger charge is 2.34. The summed E-state index contributed by atoms with van der Waals surface area (Å²) in [6, 6.07) is 5.74. The lowest BCUT2D eigenvalue weighted by Gasteiger charge is -2.18. The van der Waals surface area contributed by atoms with Crippen molar-refractivity contribution in [3.8, 4) is 0 Å². The maximum atomic E-state index is 12.4. The zero-order chi connectivity index (χ0) is 17.0. The summed E-state index contributed by atoms with van der Waals surface area (Å²) < 4.78 is 0.983. The third kappa shape index (κ3) is 5.04. The third-order valence-corrected chi connectivity index (χ3v) is 4.56. The number of nitrogens with one attached hydrogen (secondary N) is 1. The van der Waals surface area contributed by atoms with Gasteiger partial charge in [-0.2, -0.15) is 0 Å². The maximum Gasteiger partial charge on any atom is 0.229 e. The van der Waals surface area contributed by atoms with Crippen LogP contribution < -0.4 is 5.32 Å². The van der Waals surface area contributed by atoms with E-state index in [1.54, 1.807) is 0 Å². The molecule has 2 rings (SSSR count). The van der Waals surface area contributed by atoms with Gasteiger partial charge in [0.2, 0.25) is 11.8 Å². The molecule has 1 saturated heterocycles. The maximum absolute atomic E-state index is 12.4. The molecule has 1 fully saturated rings. The van der Waals surface area contributed by atoms with Crippen molar-refractivity contribution in [2.45, 2.75) is 19.8 Å². The van der Waals surface area contributed by atoms with Gasteiger partial charge in [-0.15, -0.1) is 0 Å². The zero-order valence-corrected chi connectivity index (χ0v) is 15.5. The van der Waals surface area contributed by atoms with E-state index in [-0.39, 0.29) is 17.7 Å². The molecule has 6 heteroatoms. The fourth-order valence-electron chi connectivity index (χ4n) is 2.74. The Labute approximate surface area is 146 Å². The summed E-state index contributed by atoms with van der Waals surface area (Å²) in [6.07, 6.45) is 1.24. The highest BCUT2D eigenvalue weighted by atomic mass is 79.9. The highest BCUT2D eigenvalue weighted by molar-refractivity contribution is 9.10. The normalized spacial score (nSPS) is 17.9. The molecule has 1 heterocycles. The number of aryl methyl sites for hydroxylation is 1. The van der Waals surface area contributed by atoms with Crippen LogP contribution in [0.15, 0.2) is 22.7 Å². The van der Waals surface area contributed by atoms with E-state index in [0.29, 0.717) is 13.0 Å². The van der Waals surface area contributed by atoms with Crippen molar-refractivity contribution in [1.82, 2.24) is 9.80 Å². The quantitative estimate of drug-likeness (QED) is 0.823. The zero-order valence-electron chi connectivity index (χ0n) is 13.9. The summed E-state index contributed by atoms with van der Waals surface area (Å²) in [5, 5.41) is 2.95. The number of amides is 2. The van der Waals surface area contributed by atoms with Gasteiger partial charge in [-0.1, -0.05) is 15.9 Å². The topological polar surface area (TPSA) is 52.7 Å². The number of hydrogen-bond acceptors (Lipinski definition) is 3. The molecular weight excluding hydrogens is 358 g/mol. The van der Waals surface area contributed by atoms with Gasteiger partial charge in [0.1, 0.15) is 0 Å². The van der Waals surface area contributed by atoms with Crippen LogP contribution in [0.5, 0.6) is 0 Å². The number of nitrogens with zero attached hydrogens (tertiary/aromatic N) is 2. The first-order chi connectivity index (χ1) is 10.9. The molecule has 126 valence electrons. The Balaban J connectivity index is 1.89. The van der Waals surface area contributed by atoms with Gasteiger partial charge in [0, 0.05) is 29.7 Å². The molecule has 0 bridgehead atoms. The van der Waals surface area contributed by atoms with Crippen molar-refractivity contribution in [3.63, 3.8) is 0 Å². The summed E-state index contributed by atoms with van der Waals surface area (Å²) >= 11 is 3.41. The van der Waals surface area contributed by atoms with E-state index < -0.39 is 0 Å². The molecule has 23 heavy (non-hydrogen) atoms. The molecule has 1 unspecified atom stereocenters. The SMILES string of the molecule is Cc1cc(Br)ccc1NC(=O)C1CC(=O)N(CCCN(C)C)C1. The second kappa shape index (κ2) is 7.93. The molecule has 1 aromatic rings. The van der Waals surface area contributed by atoms with Crippen LogP contribution in [0.4, 0.5) is 5.69 Å². The average Bonchev–Trinajstić information content (AvgIpc) is 2.83. The highest BCUT2D eigenvalue weighted by Crippen LogP contribution is 2.23. The molecule has 1 atom stereocenters. The number of hydrogen-bond donors (Lipinski definition) is 1. The van der Waals surface area contributed by atoms with Crippen molar-refractivity contribution in [1.29, 1.82) is 0 Å². The molecular formula is C17H24BrN3O2. The fraction of sp³-hybridized carbons (Fsp3) is 0.529. The van der Waals surface area contributed by atoms with Gasteiger partial charge < -0.3 is 15.1 Å². The Morgan fingerprint density at radius 1 is 1.43 bits per heavy atom. The van der Waals surface area contributed by atoms with Gasteiger partial charge in [0.15, 0.2) is 0 Å². The van der Waals surface area contributed by atoms with Gasteiger partial charge in [0.05, 0.1) is 5.92 Å². The molecule has 1 N–H and O–H groups in total. The Hall–Kier alpha value is -1.40. The number of likely N-dealkylation sites (tertiary alicyclic amines) is 1. The number of benzene rings is 1. The van der Waals surface area contributed by atoms with Crippen molar-refractivity contribution in [2.24, 2.45) is 5.92 Å². The first kappa shape index (κ1) is 17.9. The van der Waals surface area contributed by atoms with E-state index in [0.717, 1.165) is 35.2 Å². The van der Waals surface area contributed by atoms with Crippen LogP contribution in [0, 0.1) is 12.8 Å². The molecule has 5 nitrogen and oxygen atoms in total. The molecule has 0 aliphatic carbocycles. The van der Waals surface area contributed by atoms with Gasteiger partial charge in [-0.25, -0.2) is 0 Å². The summed E-state index contributed by atoms with van der Waals surface area (Å²) in [7, 11) is 4.03. The number of carbonyl (C=O) groups is 2. The average molecular weight is 382 g/mol. The molecule has 2 amide bonds. The minimum atomic E-state index is -0.259. The Morgan fingerprint density at radius 3 is 2.83 bits per heavy atom. The van der Waals surface area contributed by atoms with Crippen LogP contribution in [0.3, 0.4) is 0 Å². The number of halogens is 1. The predicted octanol–water partition coefficient (Wildman–Crippen LogP) is 2.50. The van der Waals surface area contributed by atoms with Crippen LogP contribution in [-0.2, 0) is 9.59 Å². The lowest BCUT2D eigenvalue weighted by molar-refractivity contribution is -0.128. The molecule has 1 aliphatic heterocycles. The number of carbonyl (C=O) groups excluding carboxylic acids is 2. The second-order valence-corrected chi connectivity index (χ2v) is 7.26. The van der Waals surface area contributed by atoms with Crippen molar-refractivity contribution in [2.75, 3.05) is 39.0 Å². The lowest BCUT2D eigenvalue weighted by Crippen LogP contribution is -2.30.